The summed E-state index contributed by atoms with van der Waals surface area (Å²) in [5.74, 6) is 0.810. The number of fused-ring (bicyclic) bond motifs is 5. The Hall–Kier alpha value is -3.47. The molecule has 0 fully saturated rings. The molecule has 0 amide bonds. The van der Waals surface area contributed by atoms with Gasteiger partial charge in [-0.15, -0.1) is 17.3 Å². The molecule has 2 radical (unpaired) electrons. The molecule has 0 unspecified atom stereocenters. The van der Waals surface area contributed by atoms with Crippen LogP contribution in [-0.2, 0) is 59.4 Å². The molecule has 0 saturated heterocycles. The Kier molecular flexibility index (Phi) is 9.22. The first-order valence-corrected chi connectivity index (χ1v) is 12.7. The minimum absolute atomic E-state index is 0. The molecular formula is C35H21IrN3OY-4. The van der Waals surface area contributed by atoms with Gasteiger partial charge in [0.15, 0.2) is 0 Å². The summed E-state index contributed by atoms with van der Waals surface area (Å²) in [5, 5.41) is 2.25. The third-order valence-corrected chi connectivity index (χ3v) is 6.64. The van der Waals surface area contributed by atoms with Crippen molar-refractivity contribution in [2.45, 2.75) is 6.61 Å². The average molecular weight is 781 g/mol. The van der Waals surface area contributed by atoms with E-state index in [4.69, 9.17) is 9.72 Å². The van der Waals surface area contributed by atoms with Gasteiger partial charge in [-0.05, 0) is 35.3 Å². The van der Waals surface area contributed by atoms with Crippen molar-refractivity contribution >= 4 is 21.8 Å². The minimum Gasteiger partial charge on any atom is -0.656 e. The van der Waals surface area contributed by atoms with Crippen LogP contribution in [0.1, 0.15) is 5.56 Å². The predicted octanol–water partition coefficient (Wildman–Crippen LogP) is 7.72. The van der Waals surface area contributed by atoms with Crippen molar-refractivity contribution in [2.24, 2.45) is 0 Å². The summed E-state index contributed by atoms with van der Waals surface area (Å²) in [6, 6.07) is 46.0. The van der Waals surface area contributed by atoms with Crippen molar-refractivity contribution in [3.8, 4) is 39.5 Å². The normalized spacial score (nSPS) is 11.1. The number of hydrogen-bond acceptors (Lipinski definition) is 3. The molecule has 198 valence electrons. The largest absolute Gasteiger partial charge is 0.656 e. The standard InChI is InChI=1S/C22H12NO.C13H9N2.Ir.Y/c1-2-6-15(7-3-1)16-10-11-19-18(12-16)14-24-21-13-17-8-4-5-9-20(17)23-22(19)21;1-2-6-11-10(5-1)9-13(15-11)12-7-3-4-8-14-12;;/h1-6,8-10,13H,14H2;1-9H;;/q-3;-1;;. The van der Waals surface area contributed by atoms with Crippen LogP contribution in [-0.4, -0.2) is 9.97 Å². The Morgan fingerprint density at radius 3 is 2.39 bits per heavy atom. The molecule has 0 N–H and O–H groups in total. The number of ether oxygens (including phenoxy) is 1. The molecule has 1 aliphatic rings. The maximum atomic E-state index is 5.92. The van der Waals surface area contributed by atoms with Gasteiger partial charge in [-0.25, -0.2) is 29.3 Å². The topological polar surface area (TPSA) is 49.1 Å². The second-order valence-corrected chi connectivity index (χ2v) is 9.19. The fourth-order valence-electron chi connectivity index (χ4n) is 4.72. The van der Waals surface area contributed by atoms with Gasteiger partial charge in [0.25, 0.3) is 0 Å². The van der Waals surface area contributed by atoms with Gasteiger partial charge in [0.1, 0.15) is 0 Å². The van der Waals surface area contributed by atoms with Crippen LogP contribution < -0.4 is 9.72 Å². The van der Waals surface area contributed by atoms with Gasteiger partial charge in [0.2, 0.25) is 0 Å². The molecular weight excluding hydrogens is 760 g/mol. The summed E-state index contributed by atoms with van der Waals surface area (Å²) >= 11 is 0. The third-order valence-electron chi connectivity index (χ3n) is 6.64. The third kappa shape index (κ3) is 6.10. The van der Waals surface area contributed by atoms with Crippen molar-refractivity contribution in [3.63, 3.8) is 0 Å². The molecule has 4 aromatic carbocycles. The van der Waals surface area contributed by atoms with E-state index < -0.39 is 0 Å². The van der Waals surface area contributed by atoms with Crippen LogP contribution in [0.4, 0.5) is 0 Å². The van der Waals surface area contributed by atoms with Crippen molar-refractivity contribution in [1.82, 2.24) is 15.0 Å². The predicted molar refractivity (Wildman–Crippen MR) is 154 cm³/mol. The number of para-hydroxylation sites is 2. The molecule has 6 heteroatoms. The minimum atomic E-state index is 0. The molecule has 0 bridgehead atoms. The Labute approximate surface area is 277 Å². The molecule has 4 nitrogen and oxygen atoms in total. The van der Waals surface area contributed by atoms with Gasteiger partial charge in [-0.2, -0.15) is 35.4 Å². The number of pyridine rings is 2. The number of aromatic nitrogens is 3. The number of benzene rings is 4. The van der Waals surface area contributed by atoms with Crippen LogP contribution in [0.5, 0.6) is 5.75 Å². The van der Waals surface area contributed by atoms with Crippen LogP contribution in [0.2, 0.25) is 0 Å². The van der Waals surface area contributed by atoms with E-state index >= 15 is 0 Å². The van der Waals surface area contributed by atoms with Gasteiger partial charge < -0.3 is 14.7 Å². The molecule has 8 rings (SSSR count). The van der Waals surface area contributed by atoms with E-state index in [0.717, 1.165) is 66.9 Å². The van der Waals surface area contributed by atoms with Gasteiger partial charge in [-0.1, -0.05) is 54.6 Å². The quantitative estimate of drug-likeness (QED) is 0.169. The summed E-state index contributed by atoms with van der Waals surface area (Å²) < 4.78 is 5.92. The number of rotatable bonds is 2. The zero-order chi connectivity index (χ0) is 26.0. The Balaban J connectivity index is 0.000000173. The fraction of sp³-hybridized carbons (Fsp3) is 0.0286. The van der Waals surface area contributed by atoms with Crippen LogP contribution in [0.25, 0.3) is 55.6 Å². The SMILES string of the molecule is [Ir].[Y].[c-]1ccccc1-c1[c-]c2c([c-]c1)-c1nc3ccccc3cc1OC2.c1ccc(-c2cc3ccccc3[n-]2)nc1. The summed E-state index contributed by atoms with van der Waals surface area (Å²) in [6.45, 7) is 0.486. The van der Waals surface area contributed by atoms with E-state index in [1.54, 1.807) is 6.20 Å². The smallest absolute Gasteiger partial charge is 0.0943 e. The zero-order valence-corrected chi connectivity index (χ0v) is 27.1. The summed E-state index contributed by atoms with van der Waals surface area (Å²) in [5.41, 5.74) is 8.64. The molecule has 1 aliphatic heterocycles. The maximum Gasteiger partial charge on any atom is 0.0943 e. The van der Waals surface area contributed by atoms with Crippen LogP contribution in [0.3, 0.4) is 0 Å². The number of hydrogen-bond donors (Lipinski definition) is 0. The van der Waals surface area contributed by atoms with E-state index in [9.17, 15) is 0 Å². The fourth-order valence-corrected chi connectivity index (χ4v) is 4.72. The summed E-state index contributed by atoms with van der Waals surface area (Å²) in [7, 11) is 0. The Bertz CT molecular complexity index is 1890. The van der Waals surface area contributed by atoms with Gasteiger partial charge in [0.05, 0.1) is 17.9 Å². The van der Waals surface area contributed by atoms with Crippen molar-refractivity contribution in [2.75, 3.05) is 0 Å². The molecule has 4 heterocycles. The van der Waals surface area contributed by atoms with Crippen LogP contribution in [0, 0.1) is 18.2 Å². The van der Waals surface area contributed by atoms with E-state index in [2.05, 4.69) is 40.3 Å². The van der Waals surface area contributed by atoms with Crippen molar-refractivity contribution in [1.29, 1.82) is 0 Å². The van der Waals surface area contributed by atoms with Crippen molar-refractivity contribution < 1.29 is 57.6 Å². The molecule has 0 aliphatic carbocycles. The van der Waals surface area contributed by atoms with E-state index in [-0.39, 0.29) is 52.8 Å². The Morgan fingerprint density at radius 2 is 1.59 bits per heavy atom. The second kappa shape index (κ2) is 13.0. The molecule has 0 spiro atoms. The number of nitrogens with zero attached hydrogens (tertiary/aromatic N) is 3. The molecule has 41 heavy (non-hydrogen) atoms. The second-order valence-electron chi connectivity index (χ2n) is 9.19. The van der Waals surface area contributed by atoms with Gasteiger partial charge in [0, 0.05) is 70.1 Å². The molecule has 0 saturated carbocycles. The Morgan fingerprint density at radius 1 is 0.780 bits per heavy atom. The first-order valence-electron chi connectivity index (χ1n) is 12.7. The van der Waals surface area contributed by atoms with Crippen molar-refractivity contribution in [3.05, 3.63) is 139 Å². The van der Waals surface area contributed by atoms with E-state index in [0.29, 0.717) is 6.61 Å². The first kappa shape index (κ1) is 29.0. The van der Waals surface area contributed by atoms with E-state index in [1.807, 2.05) is 97.1 Å². The van der Waals surface area contributed by atoms with Gasteiger partial charge in [-0.3, -0.25) is 4.98 Å². The monoisotopic (exact) mass is 781 g/mol. The first-order chi connectivity index (χ1) is 19.3. The molecule has 3 aromatic heterocycles. The molecule has 0 atom stereocenters. The van der Waals surface area contributed by atoms with Crippen LogP contribution in [0.15, 0.2) is 115 Å². The summed E-state index contributed by atoms with van der Waals surface area (Å²) in [4.78, 5) is 13.6. The van der Waals surface area contributed by atoms with E-state index in [1.165, 1.54) is 0 Å². The van der Waals surface area contributed by atoms with Crippen LogP contribution >= 0.6 is 0 Å². The molecule has 7 aromatic rings. The summed E-state index contributed by atoms with van der Waals surface area (Å²) in [6.07, 6.45) is 1.79. The van der Waals surface area contributed by atoms with Gasteiger partial charge >= 0.3 is 0 Å². The zero-order valence-electron chi connectivity index (χ0n) is 21.8. The maximum absolute atomic E-state index is 5.92. The average Bonchev–Trinajstić information content (AvgIpc) is 3.46.